The minimum atomic E-state index is -0.215. The molecule has 5 heteroatoms. The van der Waals surface area contributed by atoms with Crippen LogP contribution in [0.4, 0.5) is 5.69 Å². The molecule has 1 aromatic rings. The lowest BCUT2D eigenvalue weighted by Gasteiger charge is -1.96. The maximum Gasteiger partial charge on any atom is 0.239 e. The van der Waals surface area contributed by atoms with E-state index in [0.717, 1.165) is 6.54 Å². The molecule has 0 fully saturated rings. The predicted molar refractivity (Wildman–Crippen MR) is 47.3 cm³/mol. The van der Waals surface area contributed by atoms with E-state index in [-0.39, 0.29) is 11.8 Å². The van der Waals surface area contributed by atoms with Crippen LogP contribution in [0.1, 0.15) is 6.92 Å². The van der Waals surface area contributed by atoms with Gasteiger partial charge in [0.25, 0.3) is 0 Å². The molecule has 1 heterocycles. The summed E-state index contributed by atoms with van der Waals surface area (Å²) in [6.07, 6.45) is 3.35. The molecule has 0 aromatic carbocycles. The van der Waals surface area contributed by atoms with Crippen LogP contribution >= 0.6 is 11.6 Å². The summed E-state index contributed by atoms with van der Waals surface area (Å²) < 4.78 is 1.73. The molecule has 0 aliphatic carbocycles. The largest absolute Gasteiger partial charge is 0.322 e. The highest BCUT2D eigenvalue weighted by Crippen LogP contribution is 2.04. The van der Waals surface area contributed by atoms with Crippen molar-refractivity contribution < 1.29 is 4.79 Å². The number of aryl methyl sites for hydroxylation is 1. The van der Waals surface area contributed by atoms with Crippen molar-refractivity contribution in [3.8, 4) is 0 Å². The lowest BCUT2D eigenvalue weighted by molar-refractivity contribution is -0.113. The van der Waals surface area contributed by atoms with Crippen molar-refractivity contribution in [1.82, 2.24) is 9.78 Å². The number of hydrogen-bond donors (Lipinski definition) is 1. The number of alkyl halides is 1. The zero-order chi connectivity index (χ0) is 8.97. The average molecular weight is 188 g/mol. The predicted octanol–water partition coefficient (Wildman–Crippen LogP) is 1.08. The van der Waals surface area contributed by atoms with E-state index in [2.05, 4.69) is 10.4 Å². The fourth-order valence-electron chi connectivity index (χ4n) is 0.795. The highest BCUT2D eigenvalue weighted by atomic mass is 35.5. The van der Waals surface area contributed by atoms with E-state index in [1.807, 2.05) is 6.92 Å². The van der Waals surface area contributed by atoms with Crippen LogP contribution in [-0.4, -0.2) is 21.6 Å². The summed E-state index contributed by atoms with van der Waals surface area (Å²) in [6, 6.07) is 0. The van der Waals surface area contributed by atoms with Crippen LogP contribution in [0, 0.1) is 0 Å². The van der Waals surface area contributed by atoms with Crippen LogP contribution < -0.4 is 5.32 Å². The standard InChI is InChI=1S/C7H10ClN3O/c1-2-11-5-6(4-9-11)10-7(12)3-8/h4-5H,2-3H2,1H3,(H,10,12). The molecule has 1 amide bonds. The number of hydrogen-bond acceptors (Lipinski definition) is 2. The van der Waals surface area contributed by atoms with Gasteiger partial charge in [-0.2, -0.15) is 5.10 Å². The molecule has 1 N–H and O–H groups in total. The van der Waals surface area contributed by atoms with Crippen molar-refractivity contribution in [3.05, 3.63) is 12.4 Å². The third kappa shape index (κ3) is 2.23. The van der Waals surface area contributed by atoms with Gasteiger partial charge in [0.1, 0.15) is 5.88 Å². The van der Waals surface area contributed by atoms with Crippen LogP contribution in [0.5, 0.6) is 0 Å². The second-order valence-electron chi connectivity index (χ2n) is 2.27. The van der Waals surface area contributed by atoms with Crippen molar-refractivity contribution in [2.45, 2.75) is 13.5 Å². The summed E-state index contributed by atoms with van der Waals surface area (Å²) in [4.78, 5) is 10.8. The summed E-state index contributed by atoms with van der Waals surface area (Å²) in [6.45, 7) is 2.76. The first-order valence-electron chi connectivity index (χ1n) is 3.64. The Kier molecular flexibility index (Phi) is 3.10. The van der Waals surface area contributed by atoms with Gasteiger partial charge in [-0.25, -0.2) is 0 Å². The molecule has 0 atom stereocenters. The molecular weight excluding hydrogens is 178 g/mol. The van der Waals surface area contributed by atoms with Gasteiger partial charge in [0.05, 0.1) is 11.9 Å². The molecule has 0 unspecified atom stereocenters. The molecule has 0 saturated carbocycles. The number of aromatic nitrogens is 2. The second-order valence-corrected chi connectivity index (χ2v) is 2.53. The normalized spacial score (nSPS) is 9.83. The molecular formula is C7H10ClN3O. The van der Waals surface area contributed by atoms with Gasteiger partial charge >= 0.3 is 0 Å². The minimum Gasteiger partial charge on any atom is -0.322 e. The molecule has 66 valence electrons. The van der Waals surface area contributed by atoms with E-state index in [1.54, 1.807) is 17.1 Å². The Morgan fingerprint density at radius 2 is 2.58 bits per heavy atom. The third-order valence-electron chi connectivity index (χ3n) is 1.36. The van der Waals surface area contributed by atoms with Gasteiger partial charge in [-0.3, -0.25) is 9.48 Å². The quantitative estimate of drug-likeness (QED) is 0.720. The molecule has 0 aliphatic rings. The van der Waals surface area contributed by atoms with Gasteiger partial charge in [-0.05, 0) is 6.92 Å². The Morgan fingerprint density at radius 1 is 1.83 bits per heavy atom. The summed E-state index contributed by atoms with van der Waals surface area (Å²) in [7, 11) is 0. The Balaban J connectivity index is 2.58. The van der Waals surface area contributed by atoms with Crippen LogP contribution in [0.15, 0.2) is 12.4 Å². The zero-order valence-electron chi connectivity index (χ0n) is 6.75. The number of amides is 1. The van der Waals surface area contributed by atoms with Crippen molar-refractivity contribution in [2.24, 2.45) is 0 Å². The zero-order valence-corrected chi connectivity index (χ0v) is 7.51. The van der Waals surface area contributed by atoms with Gasteiger partial charge in [-0.15, -0.1) is 11.6 Å². The van der Waals surface area contributed by atoms with E-state index < -0.39 is 0 Å². The minimum absolute atomic E-state index is 0.0305. The first kappa shape index (κ1) is 9.06. The van der Waals surface area contributed by atoms with E-state index >= 15 is 0 Å². The van der Waals surface area contributed by atoms with E-state index in [1.165, 1.54) is 0 Å². The molecule has 4 nitrogen and oxygen atoms in total. The summed E-state index contributed by atoms with van der Waals surface area (Å²) >= 11 is 5.30. The van der Waals surface area contributed by atoms with Crippen LogP contribution in [0.2, 0.25) is 0 Å². The molecule has 1 rings (SSSR count). The Bertz CT molecular complexity index is 271. The average Bonchev–Trinajstić information content (AvgIpc) is 2.52. The van der Waals surface area contributed by atoms with Crippen molar-refractivity contribution in [1.29, 1.82) is 0 Å². The number of carbonyl (C=O) groups is 1. The molecule has 0 radical (unpaired) electrons. The van der Waals surface area contributed by atoms with E-state index in [9.17, 15) is 4.79 Å². The Labute approximate surface area is 75.5 Å². The fraction of sp³-hybridized carbons (Fsp3) is 0.429. The number of rotatable bonds is 3. The highest BCUT2D eigenvalue weighted by Gasteiger charge is 2.01. The van der Waals surface area contributed by atoms with Gasteiger partial charge in [0.2, 0.25) is 5.91 Å². The number of halogens is 1. The molecule has 0 saturated heterocycles. The monoisotopic (exact) mass is 187 g/mol. The number of carbonyl (C=O) groups excluding carboxylic acids is 1. The fourth-order valence-corrected chi connectivity index (χ4v) is 0.862. The SMILES string of the molecule is CCn1cc(NC(=O)CCl)cn1. The van der Waals surface area contributed by atoms with E-state index in [4.69, 9.17) is 11.6 Å². The summed E-state index contributed by atoms with van der Waals surface area (Å²) in [5.41, 5.74) is 0.683. The number of nitrogens with zero attached hydrogens (tertiary/aromatic N) is 2. The summed E-state index contributed by atoms with van der Waals surface area (Å²) in [5.74, 6) is -0.246. The number of nitrogens with one attached hydrogen (secondary N) is 1. The molecule has 1 aromatic heterocycles. The maximum atomic E-state index is 10.8. The van der Waals surface area contributed by atoms with Crippen molar-refractivity contribution in [2.75, 3.05) is 11.2 Å². The van der Waals surface area contributed by atoms with Crippen LogP contribution in [-0.2, 0) is 11.3 Å². The van der Waals surface area contributed by atoms with E-state index in [0.29, 0.717) is 5.69 Å². The third-order valence-corrected chi connectivity index (χ3v) is 1.61. The Morgan fingerprint density at radius 3 is 3.08 bits per heavy atom. The highest BCUT2D eigenvalue weighted by molar-refractivity contribution is 6.29. The number of anilines is 1. The topological polar surface area (TPSA) is 46.9 Å². The van der Waals surface area contributed by atoms with Crippen LogP contribution in [0.3, 0.4) is 0 Å². The lowest BCUT2D eigenvalue weighted by Crippen LogP contribution is -2.11. The first-order chi connectivity index (χ1) is 5.76. The van der Waals surface area contributed by atoms with Crippen LogP contribution in [0.25, 0.3) is 0 Å². The summed E-state index contributed by atoms with van der Waals surface area (Å²) in [5, 5.41) is 6.57. The molecule has 12 heavy (non-hydrogen) atoms. The van der Waals surface area contributed by atoms with Gasteiger partial charge < -0.3 is 5.32 Å². The maximum absolute atomic E-state index is 10.8. The molecule has 0 bridgehead atoms. The van der Waals surface area contributed by atoms with Crippen molar-refractivity contribution in [3.63, 3.8) is 0 Å². The Hall–Kier alpha value is -1.03. The first-order valence-corrected chi connectivity index (χ1v) is 4.18. The van der Waals surface area contributed by atoms with Gasteiger partial charge in [0, 0.05) is 12.7 Å². The van der Waals surface area contributed by atoms with Crippen molar-refractivity contribution >= 4 is 23.2 Å². The molecule has 0 spiro atoms. The second kappa shape index (κ2) is 4.11. The van der Waals surface area contributed by atoms with Gasteiger partial charge in [-0.1, -0.05) is 0 Å². The smallest absolute Gasteiger partial charge is 0.239 e. The lowest BCUT2D eigenvalue weighted by atomic mass is 10.5. The molecule has 0 aliphatic heterocycles. The van der Waals surface area contributed by atoms with Gasteiger partial charge in [0.15, 0.2) is 0 Å².